The normalized spacial score (nSPS) is 17.4. The van der Waals surface area contributed by atoms with Gasteiger partial charge in [-0.3, -0.25) is 4.79 Å². The molecule has 0 atom stereocenters. The molecule has 1 N–H and O–H groups in total. The summed E-state index contributed by atoms with van der Waals surface area (Å²) in [7, 11) is -3.14. The van der Waals surface area contributed by atoms with Gasteiger partial charge in [-0.05, 0) is 37.8 Å². The number of hydrogen-bond acceptors (Lipinski definition) is 3. The number of carbonyl (C=O) groups excluding carboxylic acids is 1. The molecule has 1 aromatic rings. The highest BCUT2D eigenvalue weighted by Gasteiger charge is 2.28. The van der Waals surface area contributed by atoms with Gasteiger partial charge in [-0.15, -0.1) is 0 Å². The Morgan fingerprint density at radius 2 is 1.91 bits per heavy atom. The van der Waals surface area contributed by atoms with Crippen LogP contribution in [0.5, 0.6) is 0 Å². The fourth-order valence-corrected chi connectivity index (χ4v) is 3.64. The smallest absolute Gasteiger partial charge is 0.223 e. The first-order chi connectivity index (χ1) is 10.3. The number of nitrogens with zero attached hydrogens (tertiary/aromatic N) is 1. The Labute approximate surface area is 132 Å². The predicted octanol–water partition coefficient (Wildman–Crippen LogP) is 1.59. The lowest BCUT2D eigenvalue weighted by atomic mass is 9.97. The number of hydrogen-bond donors (Lipinski definition) is 1. The molecule has 22 heavy (non-hydrogen) atoms. The third kappa shape index (κ3) is 4.30. The highest BCUT2D eigenvalue weighted by atomic mass is 32.2. The first-order valence-electron chi connectivity index (χ1n) is 7.56. The van der Waals surface area contributed by atoms with E-state index in [1.54, 1.807) is 0 Å². The molecule has 0 aromatic heterocycles. The van der Waals surface area contributed by atoms with Gasteiger partial charge in [0.1, 0.15) is 0 Å². The number of carbonyl (C=O) groups is 1. The Morgan fingerprint density at radius 1 is 1.27 bits per heavy atom. The average molecular weight is 324 g/mol. The predicted molar refractivity (Wildman–Crippen MR) is 86.9 cm³/mol. The Morgan fingerprint density at radius 3 is 2.50 bits per heavy atom. The van der Waals surface area contributed by atoms with Gasteiger partial charge in [0.15, 0.2) is 0 Å². The fourth-order valence-electron chi connectivity index (χ4n) is 2.77. The quantitative estimate of drug-likeness (QED) is 0.914. The standard InChI is InChI=1S/C16H24N2O3S/c1-12-4-5-13(2)15(10-12)11-17-16(19)14-6-8-18(9-7-14)22(3,20)21/h4-5,10,14H,6-9,11H2,1-3H3,(H,17,19). The van der Waals surface area contributed by atoms with Gasteiger partial charge < -0.3 is 5.32 Å². The number of rotatable bonds is 4. The van der Waals surface area contributed by atoms with Crippen molar-refractivity contribution in [1.29, 1.82) is 0 Å². The van der Waals surface area contributed by atoms with Crippen molar-refractivity contribution in [2.45, 2.75) is 33.2 Å². The lowest BCUT2D eigenvalue weighted by molar-refractivity contribution is -0.126. The lowest BCUT2D eigenvalue weighted by Crippen LogP contribution is -2.42. The first-order valence-corrected chi connectivity index (χ1v) is 9.41. The van der Waals surface area contributed by atoms with Crippen LogP contribution in [0, 0.1) is 19.8 Å². The van der Waals surface area contributed by atoms with Gasteiger partial charge in [0.2, 0.25) is 15.9 Å². The van der Waals surface area contributed by atoms with Crippen LogP contribution in [0.15, 0.2) is 18.2 Å². The summed E-state index contributed by atoms with van der Waals surface area (Å²) in [6, 6.07) is 6.20. The van der Waals surface area contributed by atoms with Gasteiger partial charge in [-0.2, -0.15) is 0 Å². The molecule has 5 nitrogen and oxygen atoms in total. The SMILES string of the molecule is Cc1ccc(C)c(CNC(=O)C2CCN(S(C)(=O)=O)CC2)c1. The van der Waals surface area contributed by atoms with Crippen LogP contribution in [0.2, 0.25) is 0 Å². The molecule has 6 heteroatoms. The maximum absolute atomic E-state index is 12.2. The van der Waals surface area contributed by atoms with Crippen molar-refractivity contribution in [2.24, 2.45) is 5.92 Å². The van der Waals surface area contributed by atoms with E-state index in [2.05, 4.69) is 23.5 Å². The first kappa shape index (κ1) is 17.0. The topological polar surface area (TPSA) is 66.5 Å². The molecule has 1 fully saturated rings. The second-order valence-corrected chi connectivity index (χ2v) is 8.07. The van der Waals surface area contributed by atoms with Crippen molar-refractivity contribution in [3.05, 3.63) is 34.9 Å². The Bertz CT molecular complexity index is 647. The molecule has 1 aliphatic heterocycles. The molecule has 0 radical (unpaired) electrons. The Hall–Kier alpha value is -1.40. The summed E-state index contributed by atoms with van der Waals surface area (Å²) < 4.78 is 24.4. The third-order valence-electron chi connectivity index (χ3n) is 4.25. The second kappa shape index (κ2) is 6.79. The minimum atomic E-state index is -3.14. The van der Waals surface area contributed by atoms with E-state index in [1.807, 2.05) is 13.8 Å². The van der Waals surface area contributed by atoms with Crippen molar-refractivity contribution >= 4 is 15.9 Å². The van der Waals surface area contributed by atoms with Crippen LogP contribution in [0.3, 0.4) is 0 Å². The Kier molecular flexibility index (Phi) is 5.24. The molecule has 0 bridgehead atoms. The monoisotopic (exact) mass is 324 g/mol. The highest BCUT2D eigenvalue weighted by Crippen LogP contribution is 2.19. The zero-order valence-electron chi connectivity index (χ0n) is 13.4. The molecule has 0 unspecified atom stereocenters. The summed E-state index contributed by atoms with van der Waals surface area (Å²) in [5.41, 5.74) is 3.47. The maximum atomic E-state index is 12.2. The summed E-state index contributed by atoms with van der Waals surface area (Å²) in [4.78, 5) is 12.2. The highest BCUT2D eigenvalue weighted by molar-refractivity contribution is 7.88. The molecule has 0 saturated carbocycles. The summed E-state index contributed by atoms with van der Waals surface area (Å²) in [5, 5.41) is 2.98. The zero-order valence-corrected chi connectivity index (χ0v) is 14.2. The van der Waals surface area contributed by atoms with Crippen molar-refractivity contribution in [3.63, 3.8) is 0 Å². The van der Waals surface area contributed by atoms with Crippen molar-refractivity contribution in [3.8, 4) is 0 Å². The lowest BCUT2D eigenvalue weighted by Gasteiger charge is -2.29. The fraction of sp³-hybridized carbons (Fsp3) is 0.562. The Balaban J connectivity index is 1.87. The largest absolute Gasteiger partial charge is 0.352 e. The minimum Gasteiger partial charge on any atom is -0.352 e. The van der Waals surface area contributed by atoms with Gasteiger partial charge in [0.25, 0.3) is 0 Å². The molecule has 1 aromatic carbocycles. The van der Waals surface area contributed by atoms with Crippen molar-refractivity contribution < 1.29 is 13.2 Å². The molecule has 1 amide bonds. The van der Waals surface area contributed by atoms with Crippen molar-refractivity contribution in [1.82, 2.24) is 9.62 Å². The van der Waals surface area contributed by atoms with Crippen LogP contribution in [0.1, 0.15) is 29.5 Å². The van der Waals surface area contributed by atoms with E-state index in [9.17, 15) is 13.2 Å². The van der Waals surface area contributed by atoms with E-state index in [-0.39, 0.29) is 11.8 Å². The molecular weight excluding hydrogens is 300 g/mol. The molecule has 1 heterocycles. The van der Waals surface area contributed by atoms with Crippen LogP contribution in [-0.2, 0) is 21.4 Å². The van der Waals surface area contributed by atoms with E-state index >= 15 is 0 Å². The van der Waals surface area contributed by atoms with Crippen LogP contribution in [0.25, 0.3) is 0 Å². The van der Waals surface area contributed by atoms with Gasteiger partial charge in [0.05, 0.1) is 6.26 Å². The molecular formula is C16H24N2O3S. The van der Waals surface area contributed by atoms with E-state index < -0.39 is 10.0 Å². The molecule has 0 aliphatic carbocycles. The van der Waals surface area contributed by atoms with E-state index in [1.165, 1.54) is 16.1 Å². The number of sulfonamides is 1. The van der Waals surface area contributed by atoms with Crippen LogP contribution < -0.4 is 5.32 Å². The minimum absolute atomic E-state index is 0.0223. The van der Waals surface area contributed by atoms with E-state index in [0.717, 1.165) is 11.1 Å². The van der Waals surface area contributed by atoms with Gasteiger partial charge >= 0.3 is 0 Å². The van der Waals surface area contributed by atoms with Gasteiger partial charge in [0, 0.05) is 25.6 Å². The zero-order chi connectivity index (χ0) is 16.3. The maximum Gasteiger partial charge on any atom is 0.223 e. The second-order valence-electron chi connectivity index (χ2n) is 6.08. The summed E-state index contributed by atoms with van der Waals surface area (Å²) in [5.74, 6) is -0.0721. The van der Waals surface area contributed by atoms with Crippen LogP contribution >= 0.6 is 0 Å². The average Bonchev–Trinajstić information content (AvgIpc) is 2.47. The number of piperidine rings is 1. The number of amides is 1. The van der Waals surface area contributed by atoms with Crippen molar-refractivity contribution in [2.75, 3.05) is 19.3 Å². The molecule has 122 valence electrons. The number of nitrogens with one attached hydrogen (secondary N) is 1. The number of aryl methyl sites for hydroxylation is 2. The van der Waals surface area contributed by atoms with Gasteiger partial charge in [-0.25, -0.2) is 12.7 Å². The van der Waals surface area contributed by atoms with Crippen LogP contribution in [-0.4, -0.2) is 38.0 Å². The van der Waals surface area contributed by atoms with Gasteiger partial charge in [-0.1, -0.05) is 23.8 Å². The summed E-state index contributed by atoms with van der Waals surface area (Å²) >= 11 is 0. The number of benzene rings is 1. The van der Waals surface area contributed by atoms with E-state index in [0.29, 0.717) is 32.5 Å². The van der Waals surface area contributed by atoms with E-state index in [4.69, 9.17) is 0 Å². The molecule has 0 spiro atoms. The summed E-state index contributed by atoms with van der Waals surface area (Å²) in [6.45, 7) is 5.45. The molecule has 2 rings (SSSR count). The molecule has 1 saturated heterocycles. The summed E-state index contributed by atoms with van der Waals surface area (Å²) in [6.07, 6.45) is 2.39. The van der Waals surface area contributed by atoms with Crippen LogP contribution in [0.4, 0.5) is 0 Å². The third-order valence-corrected chi connectivity index (χ3v) is 5.55. The molecule has 1 aliphatic rings.